The van der Waals surface area contributed by atoms with Gasteiger partial charge in [-0.2, -0.15) is 0 Å². The predicted molar refractivity (Wildman–Crippen MR) is 83.3 cm³/mol. The van der Waals surface area contributed by atoms with Crippen molar-refractivity contribution < 1.29 is 24.7 Å². The molecule has 2 rings (SSSR count). The standard InChI is InChI=1S/C16H13NO6/c1-23-15-7-2-10(9-14(15)17(21)22)8-13(16(19)20)11-3-5-12(18)6-4-11/h2-9,18H,1H3,(H,19,20)/b13-8-. The molecule has 0 spiro atoms. The lowest BCUT2D eigenvalue weighted by atomic mass is 10.0. The fourth-order valence-corrected chi connectivity index (χ4v) is 2.02. The maximum atomic E-state index is 11.4. The molecule has 0 aliphatic carbocycles. The van der Waals surface area contributed by atoms with E-state index in [-0.39, 0.29) is 22.8 Å². The highest BCUT2D eigenvalue weighted by Crippen LogP contribution is 2.29. The van der Waals surface area contributed by atoms with E-state index < -0.39 is 10.9 Å². The molecule has 0 bridgehead atoms. The summed E-state index contributed by atoms with van der Waals surface area (Å²) in [6.45, 7) is 0. The highest BCUT2D eigenvalue weighted by atomic mass is 16.6. The second kappa shape index (κ2) is 6.61. The van der Waals surface area contributed by atoms with Gasteiger partial charge in [0, 0.05) is 6.07 Å². The van der Waals surface area contributed by atoms with Gasteiger partial charge >= 0.3 is 11.7 Å². The first-order valence-corrected chi connectivity index (χ1v) is 6.49. The Morgan fingerprint density at radius 2 is 1.87 bits per heavy atom. The molecule has 0 fully saturated rings. The van der Waals surface area contributed by atoms with Gasteiger partial charge in [-0.1, -0.05) is 18.2 Å². The molecule has 0 unspecified atom stereocenters. The molecule has 0 saturated carbocycles. The Kier molecular flexibility index (Phi) is 4.61. The molecule has 23 heavy (non-hydrogen) atoms. The number of carboxylic acids is 1. The predicted octanol–water partition coefficient (Wildman–Crippen LogP) is 2.93. The Bertz CT molecular complexity index is 780. The third-order valence-corrected chi connectivity index (χ3v) is 3.12. The summed E-state index contributed by atoms with van der Waals surface area (Å²) in [6, 6.07) is 9.79. The van der Waals surface area contributed by atoms with Gasteiger partial charge in [0.05, 0.1) is 17.6 Å². The topological polar surface area (TPSA) is 110 Å². The van der Waals surface area contributed by atoms with E-state index in [0.29, 0.717) is 11.1 Å². The van der Waals surface area contributed by atoms with Crippen LogP contribution in [0.3, 0.4) is 0 Å². The number of nitro benzene ring substituents is 1. The molecule has 0 aliphatic heterocycles. The number of hydrogen-bond acceptors (Lipinski definition) is 5. The quantitative estimate of drug-likeness (QED) is 0.380. The van der Waals surface area contributed by atoms with Crippen LogP contribution in [0.15, 0.2) is 42.5 Å². The van der Waals surface area contributed by atoms with Gasteiger partial charge < -0.3 is 14.9 Å². The molecule has 2 aromatic carbocycles. The molecule has 0 atom stereocenters. The van der Waals surface area contributed by atoms with Crippen molar-refractivity contribution in [2.45, 2.75) is 0 Å². The fraction of sp³-hybridized carbons (Fsp3) is 0.0625. The van der Waals surface area contributed by atoms with Crippen LogP contribution in [0.1, 0.15) is 11.1 Å². The summed E-state index contributed by atoms with van der Waals surface area (Å²) >= 11 is 0. The first-order chi connectivity index (χ1) is 10.9. The van der Waals surface area contributed by atoms with Gasteiger partial charge in [0.25, 0.3) is 0 Å². The summed E-state index contributed by atoms with van der Waals surface area (Å²) in [5.74, 6) is -1.08. The van der Waals surface area contributed by atoms with Crippen molar-refractivity contribution >= 4 is 23.3 Å². The van der Waals surface area contributed by atoms with Crippen LogP contribution in [0.5, 0.6) is 11.5 Å². The second-order valence-corrected chi connectivity index (χ2v) is 4.60. The third kappa shape index (κ3) is 3.65. The molecule has 0 saturated heterocycles. The number of nitro groups is 1. The first kappa shape index (κ1) is 16.0. The van der Waals surface area contributed by atoms with Crippen LogP contribution in [0.2, 0.25) is 0 Å². The van der Waals surface area contributed by atoms with Gasteiger partial charge in [-0.05, 0) is 35.4 Å². The average molecular weight is 315 g/mol. The largest absolute Gasteiger partial charge is 0.508 e. The SMILES string of the molecule is COc1ccc(/C=C(\C(=O)O)c2ccc(O)cc2)cc1[N+](=O)[O-]. The van der Waals surface area contributed by atoms with E-state index in [1.54, 1.807) is 0 Å². The molecule has 0 heterocycles. The molecule has 2 aromatic rings. The molecule has 118 valence electrons. The lowest BCUT2D eigenvalue weighted by Gasteiger charge is -2.05. The summed E-state index contributed by atoms with van der Waals surface area (Å²) in [4.78, 5) is 21.9. The van der Waals surface area contributed by atoms with Gasteiger partial charge in [-0.15, -0.1) is 0 Å². The molecule has 0 aromatic heterocycles. The van der Waals surface area contributed by atoms with Gasteiger partial charge in [0.2, 0.25) is 0 Å². The first-order valence-electron chi connectivity index (χ1n) is 6.49. The van der Waals surface area contributed by atoms with Crippen molar-refractivity contribution in [1.29, 1.82) is 0 Å². The zero-order valence-corrected chi connectivity index (χ0v) is 12.1. The molecule has 2 N–H and O–H groups in total. The minimum atomic E-state index is -1.19. The number of methoxy groups -OCH3 is 1. The number of ether oxygens (including phenoxy) is 1. The Balaban J connectivity index is 2.52. The van der Waals surface area contributed by atoms with E-state index in [4.69, 9.17) is 4.74 Å². The van der Waals surface area contributed by atoms with Gasteiger partial charge in [-0.3, -0.25) is 10.1 Å². The van der Waals surface area contributed by atoms with E-state index in [9.17, 15) is 25.1 Å². The summed E-state index contributed by atoms with van der Waals surface area (Å²) in [5.41, 5.74) is 0.415. The average Bonchev–Trinajstić information content (AvgIpc) is 2.53. The van der Waals surface area contributed by atoms with Crippen molar-refractivity contribution in [3.63, 3.8) is 0 Å². The van der Waals surface area contributed by atoms with Crippen LogP contribution >= 0.6 is 0 Å². The van der Waals surface area contributed by atoms with Crippen LogP contribution in [0.4, 0.5) is 5.69 Å². The monoisotopic (exact) mass is 315 g/mol. The summed E-state index contributed by atoms with van der Waals surface area (Å²) in [5, 5.41) is 29.6. The molecular formula is C16H13NO6. The number of carboxylic acid groups (broad SMARTS) is 1. The summed E-state index contributed by atoms with van der Waals surface area (Å²) < 4.78 is 4.91. The van der Waals surface area contributed by atoms with Crippen molar-refractivity contribution in [2.75, 3.05) is 7.11 Å². The van der Waals surface area contributed by atoms with Crippen molar-refractivity contribution in [3.05, 3.63) is 63.7 Å². The number of benzene rings is 2. The van der Waals surface area contributed by atoms with Crippen molar-refractivity contribution in [3.8, 4) is 11.5 Å². The maximum Gasteiger partial charge on any atom is 0.336 e. The normalized spacial score (nSPS) is 11.1. The Hall–Kier alpha value is -3.35. The number of phenols is 1. The molecule has 7 nitrogen and oxygen atoms in total. The number of phenolic OH excluding ortho intramolecular Hbond substituents is 1. The number of aliphatic carboxylic acids is 1. The van der Waals surface area contributed by atoms with Crippen molar-refractivity contribution in [1.82, 2.24) is 0 Å². The van der Waals surface area contributed by atoms with Crippen LogP contribution in [0, 0.1) is 10.1 Å². The van der Waals surface area contributed by atoms with Crippen LogP contribution in [-0.4, -0.2) is 28.2 Å². The number of hydrogen-bond donors (Lipinski definition) is 2. The molecule has 7 heteroatoms. The van der Waals surface area contributed by atoms with Gasteiger partial charge in [0.1, 0.15) is 5.75 Å². The zero-order valence-electron chi connectivity index (χ0n) is 12.1. The number of aromatic hydroxyl groups is 1. The summed E-state index contributed by atoms with van der Waals surface area (Å²) in [7, 11) is 1.32. The molecule has 0 aliphatic rings. The zero-order chi connectivity index (χ0) is 17.0. The Labute approximate surface area is 131 Å². The van der Waals surface area contributed by atoms with Crippen LogP contribution in [-0.2, 0) is 4.79 Å². The van der Waals surface area contributed by atoms with E-state index in [1.807, 2.05) is 0 Å². The maximum absolute atomic E-state index is 11.4. The lowest BCUT2D eigenvalue weighted by molar-refractivity contribution is -0.385. The van der Waals surface area contributed by atoms with Gasteiger partial charge in [0.15, 0.2) is 5.75 Å². The van der Waals surface area contributed by atoms with Crippen LogP contribution < -0.4 is 4.74 Å². The minimum absolute atomic E-state index is 0.0126. The number of carbonyl (C=O) groups is 1. The number of nitrogens with zero attached hydrogens (tertiary/aromatic N) is 1. The van der Waals surface area contributed by atoms with E-state index in [0.717, 1.165) is 0 Å². The fourth-order valence-electron chi connectivity index (χ4n) is 2.02. The molecule has 0 amide bonds. The van der Waals surface area contributed by atoms with Crippen molar-refractivity contribution in [2.24, 2.45) is 0 Å². The van der Waals surface area contributed by atoms with Crippen LogP contribution in [0.25, 0.3) is 11.6 Å². The third-order valence-electron chi connectivity index (χ3n) is 3.12. The lowest BCUT2D eigenvalue weighted by Crippen LogP contribution is -2.00. The minimum Gasteiger partial charge on any atom is -0.508 e. The highest BCUT2D eigenvalue weighted by Gasteiger charge is 2.16. The molecule has 0 radical (unpaired) electrons. The van der Waals surface area contributed by atoms with E-state index in [1.165, 1.54) is 55.7 Å². The number of rotatable bonds is 5. The van der Waals surface area contributed by atoms with E-state index >= 15 is 0 Å². The Morgan fingerprint density at radius 3 is 2.39 bits per heavy atom. The van der Waals surface area contributed by atoms with E-state index in [2.05, 4.69) is 0 Å². The highest BCUT2D eigenvalue weighted by molar-refractivity contribution is 6.20. The Morgan fingerprint density at radius 1 is 1.22 bits per heavy atom. The smallest absolute Gasteiger partial charge is 0.336 e. The second-order valence-electron chi connectivity index (χ2n) is 4.60. The van der Waals surface area contributed by atoms with Gasteiger partial charge in [-0.25, -0.2) is 4.79 Å². The summed E-state index contributed by atoms with van der Waals surface area (Å²) in [6.07, 6.45) is 1.32. The molecular weight excluding hydrogens is 302 g/mol.